The fourth-order valence-electron chi connectivity index (χ4n) is 3.35. The summed E-state index contributed by atoms with van der Waals surface area (Å²) in [5.41, 5.74) is 1.08. The number of pyridine rings is 1. The molecule has 1 amide bonds. The second-order valence-corrected chi connectivity index (χ2v) is 7.63. The van der Waals surface area contributed by atoms with E-state index in [-0.39, 0.29) is 18.0 Å². The average molecular weight is 463 g/mol. The van der Waals surface area contributed by atoms with Crippen LogP contribution in [0.3, 0.4) is 0 Å². The lowest BCUT2D eigenvalue weighted by Gasteiger charge is -2.09. The van der Waals surface area contributed by atoms with Crippen molar-refractivity contribution in [2.75, 3.05) is 23.8 Å². The van der Waals surface area contributed by atoms with Gasteiger partial charge in [-0.2, -0.15) is 10.1 Å². The molecule has 3 aromatic heterocycles. The highest BCUT2D eigenvalue weighted by molar-refractivity contribution is 5.95. The molecule has 0 radical (unpaired) electrons. The molecule has 11 heteroatoms. The number of hydrogen-bond acceptors (Lipinski definition) is 9. The molecule has 0 unspecified atom stereocenters. The molecule has 0 aliphatic rings. The van der Waals surface area contributed by atoms with Gasteiger partial charge in [0.15, 0.2) is 5.82 Å². The first-order chi connectivity index (χ1) is 16.4. The Morgan fingerprint density at radius 1 is 1.21 bits per heavy atom. The zero-order valence-corrected chi connectivity index (χ0v) is 19.2. The average Bonchev–Trinajstić information content (AvgIpc) is 3.42. The fourth-order valence-corrected chi connectivity index (χ4v) is 3.35. The Labute approximate surface area is 195 Å². The third-order valence-corrected chi connectivity index (χ3v) is 4.99. The predicted octanol–water partition coefficient (Wildman–Crippen LogP) is 3.33. The normalized spacial score (nSPS) is 10.9. The number of nitrogens with zero attached hydrogens (tertiary/aromatic N) is 5. The van der Waals surface area contributed by atoms with E-state index in [4.69, 9.17) is 9.26 Å². The minimum atomic E-state index is -0.476. The molecule has 4 rings (SSSR count). The molecule has 4 aromatic rings. The molecule has 0 saturated heterocycles. The minimum absolute atomic E-state index is 0.175. The summed E-state index contributed by atoms with van der Waals surface area (Å²) in [6.45, 7) is 4.33. The second-order valence-electron chi connectivity index (χ2n) is 7.63. The van der Waals surface area contributed by atoms with Gasteiger partial charge in [-0.1, -0.05) is 24.2 Å². The zero-order valence-electron chi connectivity index (χ0n) is 19.2. The Morgan fingerprint density at radius 3 is 2.82 bits per heavy atom. The number of hydrogen-bond donors (Lipinski definition) is 2. The van der Waals surface area contributed by atoms with E-state index in [2.05, 4.69) is 30.9 Å². The summed E-state index contributed by atoms with van der Waals surface area (Å²) in [6, 6.07) is 9.21. The van der Waals surface area contributed by atoms with Crippen LogP contribution in [-0.4, -0.2) is 49.9 Å². The van der Waals surface area contributed by atoms with E-state index >= 15 is 0 Å². The molecule has 1 aromatic carbocycles. The Hall–Kier alpha value is -4.28. The topological polar surface area (TPSA) is 137 Å². The molecule has 0 fully saturated rings. The monoisotopic (exact) mass is 463 g/mol. The van der Waals surface area contributed by atoms with Gasteiger partial charge in [0.25, 0.3) is 0 Å². The number of aromatic nitrogens is 5. The lowest BCUT2D eigenvalue weighted by atomic mass is 10.1. The molecule has 0 aliphatic heterocycles. The summed E-state index contributed by atoms with van der Waals surface area (Å²) in [6.07, 6.45) is 2.60. The molecule has 0 bridgehead atoms. The first-order valence-electron chi connectivity index (χ1n) is 10.9. The lowest BCUT2D eigenvalue weighted by molar-refractivity contribution is -0.116. The van der Waals surface area contributed by atoms with Crippen LogP contribution in [0.25, 0.3) is 22.2 Å². The Morgan fingerprint density at radius 2 is 2.06 bits per heavy atom. The van der Waals surface area contributed by atoms with Gasteiger partial charge < -0.3 is 19.9 Å². The molecule has 0 aliphatic carbocycles. The number of anilines is 2. The third kappa shape index (κ3) is 5.20. The first kappa shape index (κ1) is 22.9. The van der Waals surface area contributed by atoms with Crippen molar-refractivity contribution in [3.05, 3.63) is 48.1 Å². The number of rotatable bonds is 9. The summed E-state index contributed by atoms with van der Waals surface area (Å²) in [5, 5.41) is 15.9. The van der Waals surface area contributed by atoms with Crippen LogP contribution in [0.2, 0.25) is 0 Å². The van der Waals surface area contributed by atoms with Gasteiger partial charge in [0.1, 0.15) is 11.5 Å². The van der Waals surface area contributed by atoms with Gasteiger partial charge in [-0.05, 0) is 23.9 Å². The Kier molecular flexibility index (Phi) is 6.81. The van der Waals surface area contributed by atoms with Crippen molar-refractivity contribution < 1.29 is 18.8 Å². The van der Waals surface area contributed by atoms with Crippen LogP contribution in [-0.2, 0) is 16.6 Å². The van der Waals surface area contributed by atoms with E-state index in [1.807, 2.05) is 31.2 Å². The molecule has 176 valence electrons. The highest BCUT2D eigenvalue weighted by Gasteiger charge is 2.16. The van der Waals surface area contributed by atoms with E-state index in [1.165, 1.54) is 10.7 Å². The van der Waals surface area contributed by atoms with Crippen molar-refractivity contribution in [3.63, 3.8) is 0 Å². The zero-order chi connectivity index (χ0) is 24.1. The summed E-state index contributed by atoms with van der Waals surface area (Å²) in [5.74, 6) is 1.20. The molecule has 11 nitrogen and oxygen atoms in total. The van der Waals surface area contributed by atoms with Gasteiger partial charge in [-0.3, -0.25) is 9.48 Å². The summed E-state index contributed by atoms with van der Waals surface area (Å²) in [4.78, 5) is 33.1. The van der Waals surface area contributed by atoms with Crippen molar-refractivity contribution in [1.82, 2.24) is 24.9 Å². The largest absolute Gasteiger partial charge is 0.461 e. The smallest absolute Gasteiger partial charge is 0.356 e. The predicted molar refractivity (Wildman–Crippen MR) is 125 cm³/mol. The number of esters is 1. The van der Waals surface area contributed by atoms with Crippen LogP contribution in [0.4, 0.5) is 11.6 Å². The van der Waals surface area contributed by atoms with Crippen molar-refractivity contribution >= 4 is 34.3 Å². The molecule has 34 heavy (non-hydrogen) atoms. The van der Waals surface area contributed by atoms with E-state index < -0.39 is 5.97 Å². The highest BCUT2D eigenvalue weighted by Crippen LogP contribution is 2.26. The van der Waals surface area contributed by atoms with Gasteiger partial charge in [0.05, 0.1) is 6.61 Å². The molecule has 0 spiro atoms. The minimum Gasteiger partial charge on any atom is -0.461 e. The summed E-state index contributed by atoms with van der Waals surface area (Å²) < 4.78 is 11.6. The Balaban J connectivity index is 1.38. The van der Waals surface area contributed by atoms with Crippen LogP contribution in [0.1, 0.15) is 36.1 Å². The molecule has 0 saturated carbocycles. The van der Waals surface area contributed by atoms with Gasteiger partial charge in [-0.15, -0.1) is 0 Å². The van der Waals surface area contributed by atoms with E-state index in [9.17, 15) is 9.59 Å². The second kappa shape index (κ2) is 10.1. The van der Waals surface area contributed by atoms with E-state index in [0.29, 0.717) is 36.5 Å². The highest BCUT2D eigenvalue weighted by atomic mass is 16.5. The summed E-state index contributed by atoms with van der Waals surface area (Å²) in [7, 11) is 1.62. The van der Waals surface area contributed by atoms with Crippen LogP contribution < -0.4 is 10.6 Å². The molecular formula is C23H25N7O4. The van der Waals surface area contributed by atoms with Crippen LogP contribution in [0, 0.1) is 6.92 Å². The van der Waals surface area contributed by atoms with Gasteiger partial charge in [-0.25, -0.2) is 9.78 Å². The van der Waals surface area contributed by atoms with Gasteiger partial charge in [0.2, 0.25) is 17.6 Å². The molecule has 0 atom stereocenters. The number of carbonyl (C=O) groups is 2. The quantitative estimate of drug-likeness (QED) is 0.358. The maximum Gasteiger partial charge on any atom is 0.356 e. The fraction of sp³-hybridized carbons (Fsp3) is 0.304. The number of aryl methyl sites for hydroxylation is 2. The van der Waals surface area contributed by atoms with Crippen LogP contribution >= 0.6 is 0 Å². The van der Waals surface area contributed by atoms with E-state index in [0.717, 1.165) is 22.8 Å². The molecular weight excluding hydrogens is 438 g/mol. The van der Waals surface area contributed by atoms with Crippen LogP contribution in [0.5, 0.6) is 0 Å². The van der Waals surface area contributed by atoms with Crippen LogP contribution in [0.15, 0.2) is 41.1 Å². The van der Waals surface area contributed by atoms with Gasteiger partial charge >= 0.3 is 5.97 Å². The van der Waals surface area contributed by atoms with Crippen molar-refractivity contribution in [3.8, 4) is 11.4 Å². The summed E-state index contributed by atoms with van der Waals surface area (Å²) >= 11 is 0. The number of fused-ring (bicyclic) bond motifs is 1. The maximum absolute atomic E-state index is 12.4. The Bertz CT molecular complexity index is 1330. The lowest BCUT2D eigenvalue weighted by Crippen LogP contribution is -2.17. The van der Waals surface area contributed by atoms with Crippen molar-refractivity contribution in [1.29, 1.82) is 0 Å². The number of nitrogens with one attached hydrogen (secondary N) is 2. The van der Waals surface area contributed by atoms with Gasteiger partial charge in [0, 0.05) is 50.1 Å². The van der Waals surface area contributed by atoms with Crippen molar-refractivity contribution in [2.45, 2.75) is 26.7 Å². The standard InChI is InChI=1S/C23H25N7O4/c1-4-11-33-23(32)18-13-19(28-30(18)3)27-20(31)8-10-25-22-17-12-16(21-26-14(2)34-29-21)6-5-15(17)7-9-24-22/h5-7,9,12-13H,4,8,10-11H2,1-3H3,(H,24,25)(H,27,28,31). The molecule has 2 N–H and O–H groups in total. The number of ether oxygens (including phenoxy) is 1. The third-order valence-electron chi connectivity index (χ3n) is 4.99. The maximum atomic E-state index is 12.4. The van der Waals surface area contributed by atoms with E-state index in [1.54, 1.807) is 20.2 Å². The number of carbonyl (C=O) groups excluding carboxylic acids is 2. The van der Waals surface area contributed by atoms with Crippen molar-refractivity contribution in [2.24, 2.45) is 7.05 Å². The first-order valence-corrected chi connectivity index (χ1v) is 10.9. The number of benzene rings is 1. The molecule has 3 heterocycles. The number of amides is 1. The SMILES string of the molecule is CCCOC(=O)c1cc(NC(=O)CCNc2nccc3ccc(-c4noc(C)n4)cc23)nn1C.